The summed E-state index contributed by atoms with van der Waals surface area (Å²) in [6.07, 6.45) is 1.39. The molecule has 1 aliphatic carbocycles. The first-order valence-electron chi connectivity index (χ1n) is 5.56. The molecule has 4 nitrogen and oxygen atoms in total. The Balaban J connectivity index is 2.21. The average molecular weight is 221 g/mol. The van der Waals surface area contributed by atoms with E-state index in [9.17, 15) is 15.2 Å². The second-order valence-corrected chi connectivity index (χ2v) is 4.33. The zero-order valence-corrected chi connectivity index (χ0v) is 9.17. The molecule has 0 saturated heterocycles. The Bertz CT molecular complexity index is 405. The van der Waals surface area contributed by atoms with Crippen molar-refractivity contribution in [2.24, 2.45) is 5.92 Å². The minimum absolute atomic E-state index is 0.133. The molecular formula is C12H15NO3. The van der Waals surface area contributed by atoms with Gasteiger partial charge in [-0.1, -0.05) is 25.5 Å². The second kappa shape index (κ2) is 4.22. The number of aliphatic hydroxyl groups excluding tert-OH is 1. The third-order valence-electron chi connectivity index (χ3n) is 3.49. The second-order valence-electron chi connectivity index (χ2n) is 4.33. The quantitative estimate of drug-likeness (QED) is 0.630. The van der Waals surface area contributed by atoms with Crippen LogP contribution in [-0.2, 0) is 0 Å². The molecule has 86 valence electrons. The van der Waals surface area contributed by atoms with Crippen LogP contribution in [0.25, 0.3) is 0 Å². The molecule has 0 aromatic heterocycles. The van der Waals surface area contributed by atoms with Crippen LogP contribution in [0.15, 0.2) is 24.3 Å². The largest absolute Gasteiger partial charge is 0.393 e. The number of nitro benzene ring substituents is 1. The lowest BCUT2D eigenvalue weighted by Gasteiger charge is -2.41. The van der Waals surface area contributed by atoms with Gasteiger partial charge < -0.3 is 5.11 Å². The fourth-order valence-electron chi connectivity index (χ4n) is 2.49. The minimum Gasteiger partial charge on any atom is -0.393 e. The van der Waals surface area contributed by atoms with Crippen LogP contribution in [0.2, 0.25) is 0 Å². The van der Waals surface area contributed by atoms with Crippen LogP contribution >= 0.6 is 0 Å². The van der Waals surface area contributed by atoms with Gasteiger partial charge in [0.05, 0.1) is 11.0 Å². The summed E-state index contributed by atoms with van der Waals surface area (Å²) < 4.78 is 0. The SMILES string of the molecule is CCC1C(O)CC1c1cccc([N+](=O)[O-])c1. The molecule has 0 radical (unpaired) electrons. The highest BCUT2D eigenvalue weighted by Crippen LogP contribution is 2.44. The lowest BCUT2D eigenvalue weighted by Crippen LogP contribution is -2.39. The van der Waals surface area contributed by atoms with Crippen LogP contribution in [0, 0.1) is 16.0 Å². The van der Waals surface area contributed by atoms with Gasteiger partial charge in [0.1, 0.15) is 0 Å². The van der Waals surface area contributed by atoms with Gasteiger partial charge in [0, 0.05) is 12.1 Å². The number of hydrogen-bond donors (Lipinski definition) is 1. The van der Waals surface area contributed by atoms with Gasteiger partial charge in [-0.05, 0) is 23.8 Å². The predicted octanol–water partition coefficient (Wildman–Crippen LogP) is 2.47. The molecule has 1 fully saturated rings. The van der Waals surface area contributed by atoms with Crippen molar-refractivity contribution in [1.82, 2.24) is 0 Å². The van der Waals surface area contributed by atoms with Gasteiger partial charge in [0.25, 0.3) is 5.69 Å². The first-order chi connectivity index (χ1) is 7.63. The van der Waals surface area contributed by atoms with Gasteiger partial charge in [-0.15, -0.1) is 0 Å². The summed E-state index contributed by atoms with van der Waals surface area (Å²) in [6.45, 7) is 2.04. The number of non-ortho nitro benzene ring substituents is 1. The van der Waals surface area contributed by atoms with Crippen molar-refractivity contribution in [1.29, 1.82) is 0 Å². The smallest absolute Gasteiger partial charge is 0.269 e. The first-order valence-corrected chi connectivity index (χ1v) is 5.56. The van der Waals surface area contributed by atoms with Gasteiger partial charge >= 0.3 is 0 Å². The van der Waals surface area contributed by atoms with E-state index in [1.54, 1.807) is 12.1 Å². The molecule has 0 amide bonds. The number of hydrogen-bond acceptors (Lipinski definition) is 3. The summed E-state index contributed by atoms with van der Waals surface area (Å²) in [5.74, 6) is 0.530. The van der Waals surface area contributed by atoms with Crippen LogP contribution in [-0.4, -0.2) is 16.1 Å². The Labute approximate surface area is 94.1 Å². The van der Waals surface area contributed by atoms with Gasteiger partial charge in [0.2, 0.25) is 0 Å². The normalized spacial score (nSPS) is 28.5. The monoisotopic (exact) mass is 221 g/mol. The van der Waals surface area contributed by atoms with Crippen LogP contribution in [0.5, 0.6) is 0 Å². The van der Waals surface area contributed by atoms with Gasteiger partial charge in [-0.3, -0.25) is 10.1 Å². The van der Waals surface area contributed by atoms with E-state index in [1.807, 2.05) is 13.0 Å². The highest BCUT2D eigenvalue weighted by atomic mass is 16.6. The third-order valence-corrected chi connectivity index (χ3v) is 3.49. The summed E-state index contributed by atoms with van der Waals surface area (Å²) >= 11 is 0. The van der Waals surface area contributed by atoms with Crippen LogP contribution in [0.1, 0.15) is 31.2 Å². The molecule has 3 unspecified atom stereocenters. The molecule has 3 atom stereocenters. The van der Waals surface area contributed by atoms with Crippen molar-refractivity contribution in [2.45, 2.75) is 31.8 Å². The number of aliphatic hydroxyl groups is 1. The molecule has 16 heavy (non-hydrogen) atoms. The molecule has 0 spiro atoms. The lowest BCUT2D eigenvalue weighted by molar-refractivity contribution is -0.385. The average Bonchev–Trinajstić information content (AvgIpc) is 2.26. The summed E-state index contributed by atoms with van der Waals surface area (Å²) in [4.78, 5) is 10.3. The van der Waals surface area contributed by atoms with Crippen molar-refractivity contribution in [3.63, 3.8) is 0 Å². The zero-order chi connectivity index (χ0) is 11.7. The zero-order valence-electron chi connectivity index (χ0n) is 9.17. The van der Waals surface area contributed by atoms with Crippen molar-refractivity contribution in [3.05, 3.63) is 39.9 Å². The summed E-state index contributed by atoms with van der Waals surface area (Å²) in [5.41, 5.74) is 1.11. The molecule has 1 aliphatic rings. The van der Waals surface area contributed by atoms with Crippen LogP contribution in [0.3, 0.4) is 0 Å². The van der Waals surface area contributed by atoms with Crippen LogP contribution < -0.4 is 0 Å². The first kappa shape index (κ1) is 11.1. The molecule has 1 N–H and O–H groups in total. The van der Waals surface area contributed by atoms with Gasteiger partial charge in [0.15, 0.2) is 0 Å². The van der Waals surface area contributed by atoms with E-state index < -0.39 is 0 Å². The fraction of sp³-hybridized carbons (Fsp3) is 0.500. The summed E-state index contributed by atoms with van der Waals surface area (Å²) in [6, 6.07) is 6.75. The maximum absolute atomic E-state index is 10.7. The molecule has 2 rings (SSSR count). The van der Waals surface area contributed by atoms with Gasteiger partial charge in [-0.2, -0.15) is 0 Å². The standard InChI is InChI=1S/C12H15NO3/c1-2-10-11(7-12(10)14)8-4-3-5-9(6-8)13(15)16/h3-6,10-12,14H,2,7H2,1H3. The summed E-state index contributed by atoms with van der Waals surface area (Å²) in [5, 5.41) is 20.2. The topological polar surface area (TPSA) is 63.4 Å². The molecule has 0 bridgehead atoms. The highest BCUT2D eigenvalue weighted by Gasteiger charge is 2.39. The minimum atomic E-state index is -0.375. The Kier molecular flexibility index (Phi) is 2.92. The van der Waals surface area contributed by atoms with Crippen molar-refractivity contribution >= 4 is 5.69 Å². The summed E-state index contributed by atoms with van der Waals surface area (Å²) in [7, 11) is 0. The van der Waals surface area contributed by atoms with Crippen molar-refractivity contribution < 1.29 is 10.0 Å². The number of rotatable bonds is 3. The number of benzene rings is 1. The molecule has 0 aliphatic heterocycles. The molecule has 1 aromatic carbocycles. The number of nitro groups is 1. The Morgan fingerprint density at radius 3 is 2.88 bits per heavy atom. The van der Waals surface area contributed by atoms with E-state index >= 15 is 0 Å². The van der Waals surface area contributed by atoms with E-state index in [0.717, 1.165) is 18.4 Å². The molecule has 1 aromatic rings. The fourth-order valence-corrected chi connectivity index (χ4v) is 2.49. The molecule has 0 heterocycles. The molecule has 4 heteroatoms. The van der Waals surface area contributed by atoms with E-state index in [0.29, 0.717) is 0 Å². The van der Waals surface area contributed by atoms with E-state index in [4.69, 9.17) is 0 Å². The molecular weight excluding hydrogens is 206 g/mol. The maximum Gasteiger partial charge on any atom is 0.269 e. The van der Waals surface area contributed by atoms with E-state index in [2.05, 4.69) is 0 Å². The predicted molar refractivity (Wildman–Crippen MR) is 60.2 cm³/mol. The maximum atomic E-state index is 10.7. The van der Waals surface area contributed by atoms with Gasteiger partial charge in [-0.25, -0.2) is 0 Å². The Morgan fingerprint density at radius 1 is 1.56 bits per heavy atom. The van der Waals surface area contributed by atoms with Crippen LogP contribution in [0.4, 0.5) is 5.69 Å². The highest BCUT2D eigenvalue weighted by molar-refractivity contribution is 5.37. The third kappa shape index (κ3) is 1.80. The van der Waals surface area contributed by atoms with Crippen molar-refractivity contribution in [3.8, 4) is 0 Å². The Morgan fingerprint density at radius 2 is 2.31 bits per heavy atom. The van der Waals surface area contributed by atoms with E-state index in [1.165, 1.54) is 6.07 Å². The van der Waals surface area contributed by atoms with E-state index in [-0.39, 0.29) is 28.6 Å². The Hall–Kier alpha value is -1.42. The lowest BCUT2D eigenvalue weighted by atomic mass is 9.66. The van der Waals surface area contributed by atoms with Crippen molar-refractivity contribution in [2.75, 3.05) is 0 Å². The molecule has 1 saturated carbocycles. The number of nitrogens with zero attached hydrogens (tertiary/aromatic N) is 1.